The highest BCUT2D eigenvalue weighted by molar-refractivity contribution is 5.95. The van der Waals surface area contributed by atoms with Crippen LogP contribution in [0.25, 0.3) is 16.6 Å². The molecule has 0 unspecified atom stereocenters. The summed E-state index contributed by atoms with van der Waals surface area (Å²) in [5, 5.41) is 9.31. The van der Waals surface area contributed by atoms with E-state index in [0.29, 0.717) is 11.8 Å². The predicted molar refractivity (Wildman–Crippen MR) is 104 cm³/mol. The fourth-order valence-corrected chi connectivity index (χ4v) is 3.88. The number of H-pyrrole nitrogens is 1. The maximum atomic E-state index is 12.3. The second kappa shape index (κ2) is 7.18. The van der Waals surface area contributed by atoms with Crippen LogP contribution in [0, 0.1) is 5.92 Å². The molecule has 5 nitrogen and oxygen atoms in total. The minimum atomic E-state index is -0.0304. The average Bonchev–Trinajstić information content (AvgIpc) is 2.94. The van der Waals surface area contributed by atoms with Gasteiger partial charge < -0.3 is 10.3 Å². The molecule has 1 aromatic carbocycles. The van der Waals surface area contributed by atoms with Crippen molar-refractivity contribution in [3.8, 4) is 0 Å². The fraction of sp³-hybridized carbons (Fsp3) is 0.474. The van der Waals surface area contributed by atoms with Crippen LogP contribution in [0.4, 0.5) is 0 Å². The van der Waals surface area contributed by atoms with Crippen molar-refractivity contribution in [2.45, 2.75) is 39.0 Å². The summed E-state index contributed by atoms with van der Waals surface area (Å²) in [5.74, 6) is 0.948. The molecule has 0 radical (unpaired) electrons. The SMILES string of the molecule is CC(C)Cc1cccc2nn3c(C4CCNCC4)cc(=O)[nH]c3c12.Cl. The van der Waals surface area contributed by atoms with Gasteiger partial charge in [0.1, 0.15) is 5.65 Å². The lowest BCUT2D eigenvalue weighted by Crippen LogP contribution is -2.28. The van der Waals surface area contributed by atoms with Crippen LogP contribution >= 0.6 is 12.4 Å². The molecule has 1 saturated heterocycles. The van der Waals surface area contributed by atoms with Gasteiger partial charge in [0.25, 0.3) is 5.56 Å². The summed E-state index contributed by atoms with van der Waals surface area (Å²) in [6.07, 6.45) is 3.08. The van der Waals surface area contributed by atoms with E-state index in [4.69, 9.17) is 5.10 Å². The van der Waals surface area contributed by atoms with Gasteiger partial charge in [-0.3, -0.25) is 4.79 Å². The zero-order valence-electron chi connectivity index (χ0n) is 14.7. The highest BCUT2D eigenvalue weighted by Gasteiger charge is 2.21. The first-order valence-corrected chi connectivity index (χ1v) is 8.88. The molecular weight excluding hydrogens is 336 g/mol. The zero-order valence-corrected chi connectivity index (χ0v) is 15.5. The number of benzene rings is 1. The third kappa shape index (κ3) is 3.31. The Morgan fingerprint density at radius 1 is 1.28 bits per heavy atom. The standard InChI is InChI=1S/C19H24N4O.ClH/c1-12(2)10-14-4-3-5-15-18(14)19-21-17(24)11-16(23(19)22-15)13-6-8-20-9-7-13;/h3-5,11-13,20H,6-10H2,1-2H3,(H,21,24);1H. The van der Waals surface area contributed by atoms with Crippen LogP contribution in [0.15, 0.2) is 29.1 Å². The van der Waals surface area contributed by atoms with Crippen LogP contribution in [0.3, 0.4) is 0 Å². The molecular formula is C19H25ClN4O. The van der Waals surface area contributed by atoms with Crippen molar-refractivity contribution >= 4 is 29.0 Å². The number of nitrogens with zero attached hydrogens (tertiary/aromatic N) is 2. The van der Waals surface area contributed by atoms with E-state index in [1.165, 1.54) is 5.56 Å². The van der Waals surface area contributed by atoms with Crippen molar-refractivity contribution < 1.29 is 0 Å². The molecule has 1 aliphatic heterocycles. The largest absolute Gasteiger partial charge is 0.317 e. The Morgan fingerprint density at radius 3 is 2.76 bits per heavy atom. The number of nitrogens with one attached hydrogen (secondary N) is 2. The van der Waals surface area contributed by atoms with Gasteiger partial charge in [-0.25, -0.2) is 4.52 Å². The van der Waals surface area contributed by atoms with Crippen molar-refractivity contribution in [1.29, 1.82) is 0 Å². The number of halogens is 1. The lowest BCUT2D eigenvalue weighted by molar-refractivity contribution is 0.446. The van der Waals surface area contributed by atoms with Gasteiger partial charge in [-0.05, 0) is 49.9 Å². The van der Waals surface area contributed by atoms with Crippen molar-refractivity contribution in [2.24, 2.45) is 5.92 Å². The third-order valence-electron chi connectivity index (χ3n) is 4.94. The molecule has 2 N–H and O–H groups in total. The molecule has 0 aliphatic carbocycles. The molecule has 6 heteroatoms. The van der Waals surface area contributed by atoms with E-state index in [9.17, 15) is 4.79 Å². The van der Waals surface area contributed by atoms with Gasteiger partial charge >= 0.3 is 0 Å². The summed E-state index contributed by atoms with van der Waals surface area (Å²) in [6.45, 7) is 6.43. The molecule has 0 atom stereocenters. The molecule has 25 heavy (non-hydrogen) atoms. The summed E-state index contributed by atoms with van der Waals surface area (Å²) >= 11 is 0. The van der Waals surface area contributed by atoms with Gasteiger partial charge in [0.15, 0.2) is 0 Å². The number of aromatic amines is 1. The second-order valence-corrected chi connectivity index (χ2v) is 7.25. The van der Waals surface area contributed by atoms with Gasteiger partial charge in [0, 0.05) is 17.4 Å². The van der Waals surface area contributed by atoms with Crippen molar-refractivity contribution in [2.75, 3.05) is 13.1 Å². The first-order chi connectivity index (χ1) is 11.6. The highest BCUT2D eigenvalue weighted by Crippen LogP contribution is 2.29. The number of hydrogen-bond donors (Lipinski definition) is 2. The Bertz CT molecular complexity index is 938. The minimum Gasteiger partial charge on any atom is -0.317 e. The lowest BCUT2D eigenvalue weighted by atomic mass is 9.94. The van der Waals surface area contributed by atoms with Crippen LogP contribution in [0.5, 0.6) is 0 Å². The van der Waals surface area contributed by atoms with Gasteiger partial charge in [-0.2, -0.15) is 5.10 Å². The van der Waals surface area contributed by atoms with Gasteiger partial charge in [-0.1, -0.05) is 26.0 Å². The lowest BCUT2D eigenvalue weighted by Gasteiger charge is -2.23. The average molecular weight is 361 g/mol. The topological polar surface area (TPSA) is 62.2 Å². The molecule has 0 amide bonds. The van der Waals surface area contributed by atoms with E-state index in [0.717, 1.165) is 54.6 Å². The normalized spacial score (nSPS) is 15.8. The molecule has 3 aromatic rings. The number of piperidine rings is 1. The fourth-order valence-electron chi connectivity index (χ4n) is 3.88. The Morgan fingerprint density at radius 2 is 2.04 bits per heavy atom. The van der Waals surface area contributed by atoms with Crippen LogP contribution in [0.1, 0.15) is 43.9 Å². The number of fused-ring (bicyclic) bond motifs is 3. The number of aromatic nitrogens is 3. The summed E-state index contributed by atoms with van der Waals surface area (Å²) in [7, 11) is 0. The van der Waals surface area contributed by atoms with Crippen LogP contribution in [0.2, 0.25) is 0 Å². The summed E-state index contributed by atoms with van der Waals surface area (Å²) in [6, 6.07) is 7.99. The van der Waals surface area contributed by atoms with Crippen LogP contribution in [-0.2, 0) is 6.42 Å². The molecule has 4 rings (SSSR count). The first-order valence-electron chi connectivity index (χ1n) is 8.88. The van der Waals surface area contributed by atoms with Gasteiger partial charge in [-0.15, -0.1) is 12.4 Å². The van der Waals surface area contributed by atoms with Crippen molar-refractivity contribution in [3.05, 3.63) is 45.9 Å². The monoisotopic (exact) mass is 360 g/mol. The first kappa shape index (κ1) is 18.0. The zero-order chi connectivity index (χ0) is 16.7. The molecule has 1 fully saturated rings. The molecule has 0 spiro atoms. The quantitative estimate of drug-likeness (QED) is 0.753. The molecule has 2 aromatic heterocycles. The van der Waals surface area contributed by atoms with E-state index in [1.54, 1.807) is 6.07 Å². The maximum Gasteiger partial charge on any atom is 0.251 e. The maximum absolute atomic E-state index is 12.3. The number of rotatable bonds is 3. The van der Waals surface area contributed by atoms with E-state index < -0.39 is 0 Å². The van der Waals surface area contributed by atoms with E-state index >= 15 is 0 Å². The summed E-state index contributed by atoms with van der Waals surface area (Å²) in [4.78, 5) is 15.3. The van der Waals surface area contributed by atoms with Gasteiger partial charge in [0.05, 0.1) is 11.2 Å². The van der Waals surface area contributed by atoms with Crippen LogP contribution < -0.4 is 10.9 Å². The summed E-state index contributed by atoms with van der Waals surface area (Å²) in [5.41, 5.74) is 4.09. The molecule has 0 saturated carbocycles. The molecule has 1 aliphatic rings. The molecule has 3 heterocycles. The van der Waals surface area contributed by atoms with E-state index in [1.807, 2.05) is 10.6 Å². The number of hydrogen-bond acceptors (Lipinski definition) is 3. The Balaban J connectivity index is 0.00000182. The minimum absolute atomic E-state index is 0. The van der Waals surface area contributed by atoms with Gasteiger partial charge in [0.2, 0.25) is 0 Å². The predicted octanol–water partition coefficient (Wildman–Crippen LogP) is 3.26. The van der Waals surface area contributed by atoms with Crippen molar-refractivity contribution in [3.63, 3.8) is 0 Å². The molecule has 0 bridgehead atoms. The summed E-state index contributed by atoms with van der Waals surface area (Å²) < 4.78 is 1.98. The highest BCUT2D eigenvalue weighted by atomic mass is 35.5. The third-order valence-corrected chi connectivity index (χ3v) is 4.94. The molecule has 134 valence electrons. The Kier molecular flexibility index (Phi) is 5.16. The smallest absolute Gasteiger partial charge is 0.251 e. The van der Waals surface area contributed by atoms with Crippen molar-refractivity contribution in [1.82, 2.24) is 19.9 Å². The Labute approximate surface area is 153 Å². The second-order valence-electron chi connectivity index (χ2n) is 7.25. The van der Waals surface area contributed by atoms with E-state index in [-0.39, 0.29) is 18.0 Å². The van der Waals surface area contributed by atoms with E-state index in [2.05, 4.69) is 36.3 Å². The Hall–Kier alpha value is -1.85. The van der Waals surface area contributed by atoms with Crippen LogP contribution in [-0.4, -0.2) is 27.7 Å².